The summed E-state index contributed by atoms with van der Waals surface area (Å²) in [7, 11) is -3.82. The molecule has 0 aromatic heterocycles. The van der Waals surface area contributed by atoms with Gasteiger partial charge in [-0.3, -0.25) is 4.79 Å². The zero-order valence-corrected chi connectivity index (χ0v) is 16.0. The molecular formula is C22H21NO3S. The van der Waals surface area contributed by atoms with E-state index < -0.39 is 16.1 Å². The van der Waals surface area contributed by atoms with E-state index in [1.165, 1.54) is 19.1 Å². The van der Waals surface area contributed by atoms with Crippen molar-refractivity contribution in [2.24, 2.45) is 0 Å². The number of sulfonamides is 1. The highest BCUT2D eigenvalue weighted by molar-refractivity contribution is 7.89. The van der Waals surface area contributed by atoms with Crippen LogP contribution < -0.4 is 4.72 Å². The zero-order valence-electron chi connectivity index (χ0n) is 15.2. The number of hydrogen-bond donors (Lipinski definition) is 1. The van der Waals surface area contributed by atoms with E-state index in [1.54, 1.807) is 12.1 Å². The van der Waals surface area contributed by atoms with Gasteiger partial charge in [0.25, 0.3) is 0 Å². The summed E-state index contributed by atoms with van der Waals surface area (Å²) in [4.78, 5) is 11.7. The second kappa shape index (κ2) is 7.86. The summed E-state index contributed by atoms with van der Waals surface area (Å²) in [6, 6.07) is 22.7. The summed E-state index contributed by atoms with van der Waals surface area (Å²) in [5, 5.41) is 0. The van der Waals surface area contributed by atoms with Crippen LogP contribution >= 0.6 is 0 Å². The maximum atomic E-state index is 13.0. The van der Waals surface area contributed by atoms with Crippen molar-refractivity contribution in [2.75, 3.05) is 0 Å². The monoisotopic (exact) mass is 379 g/mol. The van der Waals surface area contributed by atoms with Crippen molar-refractivity contribution >= 4 is 15.8 Å². The SMILES string of the molecule is CC(=O)c1cccc(S(=O)(=O)N[C@@H](c2ccccc2)c2ccc(C)cc2)c1. The van der Waals surface area contributed by atoms with E-state index in [2.05, 4.69) is 4.72 Å². The third kappa shape index (κ3) is 4.51. The molecular weight excluding hydrogens is 358 g/mol. The molecule has 0 spiro atoms. The smallest absolute Gasteiger partial charge is 0.241 e. The number of hydrogen-bond acceptors (Lipinski definition) is 3. The molecule has 27 heavy (non-hydrogen) atoms. The van der Waals surface area contributed by atoms with Gasteiger partial charge in [-0.05, 0) is 37.1 Å². The minimum Gasteiger partial charge on any atom is -0.295 e. The van der Waals surface area contributed by atoms with Gasteiger partial charge in [0.2, 0.25) is 10.0 Å². The molecule has 1 atom stereocenters. The molecule has 0 saturated carbocycles. The average molecular weight is 379 g/mol. The van der Waals surface area contributed by atoms with E-state index in [4.69, 9.17) is 0 Å². The van der Waals surface area contributed by atoms with Crippen molar-refractivity contribution in [3.8, 4) is 0 Å². The molecule has 3 aromatic carbocycles. The summed E-state index contributed by atoms with van der Waals surface area (Å²) in [6.45, 7) is 3.40. The Balaban J connectivity index is 2.02. The van der Waals surface area contributed by atoms with E-state index in [0.29, 0.717) is 5.56 Å². The summed E-state index contributed by atoms with van der Waals surface area (Å²) in [6.07, 6.45) is 0. The van der Waals surface area contributed by atoms with Crippen molar-refractivity contribution in [3.63, 3.8) is 0 Å². The normalized spacial score (nSPS) is 12.5. The molecule has 4 nitrogen and oxygen atoms in total. The summed E-state index contributed by atoms with van der Waals surface area (Å²) >= 11 is 0. The predicted octanol–water partition coefficient (Wildman–Crippen LogP) is 4.27. The van der Waals surface area contributed by atoms with Gasteiger partial charge in [0.1, 0.15) is 0 Å². The Labute approximate surface area is 159 Å². The quantitative estimate of drug-likeness (QED) is 0.651. The second-order valence-electron chi connectivity index (χ2n) is 6.46. The highest BCUT2D eigenvalue weighted by Crippen LogP contribution is 2.25. The first kappa shape index (κ1) is 19.0. The number of carbonyl (C=O) groups is 1. The Morgan fingerprint density at radius 2 is 1.48 bits per heavy atom. The van der Waals surface area contributed by atoms with Crippen LogP contribution in [0.1, 0.15) is 40.0 Å². The maximum Gasteiger partial charge on any atom is 0.241 e. The number of ketones is 1. The van der Waals surface area contributed by atoms with Gasteiger partial charge >= 0.3 is 0 Å². The standard InChI is InChI=1S/C22H21NO3S/c1-16-11-13-19(14-12-16)22(18-7-4-3-5-8-18)23-27(25,26)21-10-6-9-20(15-21)17(2)24/h3-15,22-23H,1-2H3/t22-/m0/s1. The Bertz CT molecular complexity index is 1040. The Morgan fingerprint density at radius 1 is 0.852 bits per heavy atom. The van der Waals surface area contributed by atoms with Gasteiger partial charge in [-0.15, -0.1) is 0 Å². The molecule has 0 radical (unpaired) electrons. The summed E-state index contributed by atoms with van der Waals surface area (Å²) < 4.78 is 28.8. The number of Topliss-reactive ketones (excluding diaryl/α,β-unsaturated/α-hetero) is 1. The van der Waals surface area contributed by atoms with Gasteiger partial charge in [0.05, 0.1) is 10.9 Å². The van der Waals surface area contributed by atoms with Gasteiger partial charge in [-0.2, -0.15) is 4.72 Å². The second-order valence-corrected chi connectivity index (χ2v) is 8.17. The van der Waals surface area contributed by atoms with Crippen LogP contribution in [-0.4, -0.2) is 14.2 Å². The number of carbonyl (C=O) groups excluding carboxylic acids is 1. The molecule has 0 aliphatic rings. The van der Waals surface area contributed by atoms with Gasteiger partial charge < -0.3 is 0 Å². The Hall–Kier alpha value is -2.76. The van der Waals surface area contributed by atoms with Crippen molar-refractivity contribution in [1.29, 1.82) is 0 Å². The molecule has 3 rings (SSSR count). The fraction of sp³-hybridized carbons (Fsp3) is 0.136. The number of rotatable bonds is 6. The zero-order chi connectivity index (χ0) is 19.4. The van der Waals surface area contributed by atoms with Crippen molar-refractivity contribution in [2.45, 2.75) is 24.8 Å². The minimum absolute atomic E-state index is 0.0724. The molecule has 0 amide bonds. The first-order valence-corrected chi connectivity index (χ1v) is 10.1. The molecule has 5 heteroatoms. The minimum atomic E-state index is -3.82. The van der Waals surface area contributed by atoms with Gasteiger partial charge in [0, 0.05) is 5.56 Å². The molecule has 3 aromatic rings. The fourth-order valence-electron chi connectivity index (χ4n) is 2.84. The molecule has 0 aliphatic carbocycles. The Morgan fingerprint density at radius 3 is 2.11 bits per heavy atom. The van der Waals surface area contributed by atoms with E-state index in [-0.39, 0.29) is 10.7 Å². The molecule has 0 unspecified atom stereocenters. The molecule has 138 valence electrons. The lowest BCUT2D eigenvalue weighted by molar-refractivity contribution is 0.101. The van der Waals surface area contributed by atoms with Gasteiger partial charge in [-0.25, -0.2) is 8.42 Å². The number of nitrogens with one attached hydrogen (secondary N) is 1. The summed E-state index contributed by atoms with van der Waals surface area (Å²) in [5.74, 6) is -0.176. The fourth-order valence-corrected chi connectivity index (χ4v) is 4.10. The highest BCUT2D eigenvalue weighted by Gasteiger charge is 2.23. The van der Waals surface area contributed by atoms with Crippen LogP contribution in [0.4, 0.5) is 0 Å². The molecule has 0 saturated heterocycles. The van der Waals surface area contributed by atoms with Gasteiger partial charge in [-0.1, -0.05) is 72.3 Å². The van der Waals surface area contributed by atoms with Crippen LogP contribution in [-0.2, 0) is 10.0 Å². The predicted molar refractivity (Wildman–Crippen MR) is 106 cm³/mol. The van der Waals surface area contributed by atoms with E-state index >= 15 is 0 Å². The molecule has 0 fully saturated rings. The van der Waals surface area contributed by atoms with Crippen molar-refractivity contribution in [1.82, 2.24) is 4.72 Å². The molecule has 0 aliphatic heterocycles. The third-order valence-corrected chi connectivity index (χ3v) is 5.79. The van der Waals surface area contributed by atoms with Gasteiger partial charge in [0.15, 0.2) is 5.78 Å². The number of benzene rings is 3. The largest absolute Gasteiger partial charge is 0.295 e. The van der Waals surface area contributed by atoms with Crippen LogP contribution in [0.25, 0.3) is 0 Å². The van der Waals surface area contributed by atoms with Crippen LogP contribution in [0.15, 0.2) is 83.8 Å². The maximum absolute atomic E-state index is 13.0. The lowest BCUT2D eigenvalue weighted by atomic mass is 9.99. The first-order chi connectivity index (χ1) is 12.9. The highest BCUT2D eigenvalue weighted by atomic mass is 32.2. The number of aryl methyl sites for hydroxylation is 1. The topological polar surface area (TPSA) is 63.2 Å². The van der Waals surface area contributed by atoms with Crippen LogP contribution in [0, 0.1) is 6.92 Å². The lowest BCUT2D eigenvalue weighted by Gasteiger charge is -2.20. The van der Waals surface area contributed by atoms with Crippen LogP contribution in [0.2, 0.25) is 0 Å². The van der Waals surface area contributed by atoms with E-state index in [0.717, 1.165) is 16.7 Å². The average Bonchev–Trinajstić information content (AvgIpc) is 2.68. The van der Waals surface area contributed by atoms with E-state index in [1.807, 2.05) is 61.5 Å². The lowest BCUT2D eigenvalue weighted by Crippen LogP contribution is -2.29. The van der Waals surface area contributed by atoms with E-state index in [9.17, 15) is 13.2 Å². The Kier molecular flexibility index (Phi) is 5.54. The van der Waals surface area contributed by atoms with Crippen LogP contribution in [0.5, 0.6) is 0 Å². The molecule has 0 heterocycles. The molecule has 1 N–H and O–H groups in total. The van der Waals surface area contributed by atoms with Crippen molar-refractivity contribution < 1.29 is 13.2 Å². The first-order valence-electron chi connectivity index (χ1n) is 8.62. The van der Waals surface area contributed by atoms with Crippen LogP contribution in [0.3, 0.4) is 0 Å². The molecule has 0 bridgehead atoms. The third-order valence-electron chi connectivity index (χ3n) is 4.37. The summed E-state index contributed by atoms with van der Waals surface area (Å²) in [5.41, 5.74) is 3.15. The van der Waals surface area contributed by atoms with Crippen molar-refractivity contribution in [3.05, 3.63) is 101 Å².